The zero-order valence-corrected chi connectivity index (χ0v) is 9.67. The highest BCUT2D eigenvalue weighted by atomic mass is 16.5. The van der Waals surface area contributed by atoms with Crippen molar-refractivity contribution in [1.29, 1.82) is 0 Å². The van der Waals surface area contributed by atoms with Crippen molar-refractivity contribution in [1.82, 2.24) is 5.32 Å². The summed E-state index contributed by atoms with van der Waals surface area (Å²) < 4.78 is 5.48. The standard InChI is InChI=1S/C14H19NO/c1-2-3-8-15-9-6-12-4-5-14-13(11-12)7-10-16-14/h2,4-5,11,15H,1,3,6-10H2. The molecule has 1 aliphatic heterocycles. The zero-order chi connectivity index (χ0) is 11.2. The minimum atomic E-state index is 0.844. The summed E-state index contributed by atoms with van der Waals surface area (Å²) >= 11 is 0. The minimum Gasteiger partial charge on any atom is -0.493 e. The Kier molecular flexibility index (Phi) is 4.00. The number of fused-ring (bicyclic) bond motifs is 1. The predicted octanol–water partition coefficient (Wildman–Crippen LogP) is 2.33. The largest absolute Gasteiger partial charge is 0.493 e. The predicted molar refractivity (Wildman–Crippen MR) is 67.0 cm³/mol. The second kappa shape index (κ2) is 5.71. The van der Waals surface area contributed by atoms with Gasteiger partial charge in [-0.3, -0.25) is 0 Å². The molecule has 1 aromatic rings. The topological polar surface area (TPSA) is 21.3 Å². The third-order valence-corrected chi connectivity index (χ3v) is 2.87. The molecule has 0 saturated heterocycles. The maximum Gasteiger partial charge on any atom is 0.122 e. The van der Waals surface area contributed by atoms with Crippen LogP contribution in [-0.4, -0.2) is 19.7 Å². The van der Waals surface area contributed by atoms with Gasteiger partial charge in [0.25, 0.3) is 0 Å². The summed E-state index contributed by atoms with van der Waals surface area (Å²) in [7, 11) is 0. The van der Waals surface area contributed by atoms with Crippen molar-refractivity contribution >= 4 is 0 Å². The van der Waals surface area contributed by atoms with E-state index in [-0.39, 0.29) is 0 Å². The van der Waals surface area contributed by atoms with Crippen LogP contribution in [0.15, 0.2) is 30.9 Å². The number of benzene rings is 1. The van der Waals surface area contributed by atoms with Gasteiger partial charge in [0.2, 0.25) is 0 Å². The summed E-state index contributed by atoms with van der Waals surface area (Å²) in [6.07, 6.45) is 5.13. The van der Waals surface area contributed by atoms with E-state index in [1.54, 1.807) is 0 Å². The average Bonchev–Trinajstić information content (AvgIpc) is 2.76. The second-order valence-corrected chi connectivity index (χ2v) is 4.12. The van der Waals surface area contributed by atoms with E-state index < -0.39 is 0 Å². The van der Waals surface area contributed by atoms with E-state index in [0.29, 0.717) is 0 Å². The second-order valence-electron chi connectivity index (χ2n) is 4.12. The van der Waals surface area contributed by atoms with Crippen LogP contribution >= 0.6 is 0 Å². The molecule has 2 heteroatoms. The van der Waals surface area contributed by atoms with Crippen molar-refractivity contribution < 1.29 is 4.74 Å². The maximum atomic E-state index is 5.48. The van der Waals surface area contributed by atoms with Crippen molar-refractivity contribution in [2.24, 2.45) is 0 Å². The first-order chi connectivity index (χ1) is 7.90. The summed E-state index contributed by atoms with van der Waals surface area (Å²) in [4.78, 5) is 0. The lowest BCUT2D eigenvalue weighted by Gasteiger charge is -2.05. The van der Waals surface area contributed by atoms with E-state index in [2.05, 4.69) is 30.1 Å². The molecule has 2 nitrogen and oxygen atoms in total. The van der Waals surface area contributed by atoms with E-state index in [0.717, 1.165) is 44.7 Å². The number of nitrogens with one attached hydrogen (secondary N) is 1. The first-order valence-corrected chi connectivity index (χ1v) is 5.96. The molecular weight excluding hydrogens is 198 g/mol. The molecule has 0 saturated carbocycles. The highest BCUT2D eigenvalue weighted by Crippen LogP contribution is 2.25. The molecule has 0 aromatic heterocycles. The van der Waals surface area contributed by atoms with Gasteiger partial charge >= 0.3 is 0 Å². The smallest absolute Gasteiger partial charge is 0.122 e. The van der Waals surface area contributed by atoms with E-state index >= 15 is 0 Å². The van der Waals surface area contributed by atoms with Crippen LogP contribution in [0.1, 0.15) is 17.5 Å². The number of rotatable bonds is 6. The Hall–Kier alpha value is -1.28. The molecule has 16 heavy (non-hydrogen) atoms. The quantitative estimate of drug-likeness (QED) is 0.583. The molecule has 1 N–H and O–H groups in total. The van der Waals surface area contributed by atoms with Crippen molar-refractivity contribution in [3.8, 4) is 5.75 Å². The van der Waals surface area contributed by atoms with Crippen molar-refractivity contribution in [3.05, 3.63) is 42.0 Å². The fraction of sp³-hybridized carbons (Fsp3) is 0.429. The van der Waals surface area contributed by atoms with Gasteiger partial charge in [0.1, 0.15) is 5.75 Å². The molecule has 0 atom stereocenters. The summed E-state index contributed by atoms with van der Waals surface area (Å²) in [6, 6.07) is 6.54. The third kappa shape index (κ3) is 2.86. The van der Waals surface area contributed by atoms with Gasteiger partial charge in [-0.25, -0.2) is 0 Å². The number of hydrogen-bond acceptors (Lipinski definition) is 2. The minimum absolute atomic E-state index is 0.844. The van der Waals surface area contributed by atoms with Crippen molar-refractivity contribution in [3.63, 3.8) is 0 Å². The Bertz CT molecular complexity index is 360. The van der Waals surface area contributed by atoms with Gasteiger partial charge < -0.3 is 10.1 Å². The lowest BCUT2D eigenvalue weighted by molar-refractivity contribution is 0.357. The maximum absolute atomic E-state index is 5.48. The molecule has 2 rings (SSSR count). The summed E-state index contributed by atoms with van der Waals surface area (Å²) in [6.45, 7) is 6.61. The monoisotopic (exact) mass is 217 g/mol. The molecule has 0 aliphatic carbocycles. The first-order valence-electron chi connectivity index (χ1n) is 5.96. The Morgan fingerprint density at radius 2 is 2.31 bits per heavy atom. The van der Waals surface area contributed by atoms with Gasteiger partial charge in [-0.1, -0.05) is 18.2 Å². The van der Waals surface area contributed by atoms with Crippen LogP contribution in [-0.2, 0) is 12.8 Å². The van der Waals surface area contributed by atoms with E-state index in [1.807, 2.05) is 6.08 Å². The molecule has 0 bridgehead atoms. The number of hydrogen-bond donors (Lipinski definition) is 1. The van der Waals surface area contributed by atoms with Gasteiger partial charge in [-0.15, -0.1) is 6.58 Å². The molecule has 86 valence electrons. The fourth-order valence-corrected chi connectivity index (χ4v) is 1.96. The Morgan fingerprint density at radius 1 is 1.38 bits per heavy atom. The molecule has 1 aliphatic rings. The fourth-order valence-electron chi connectivity index (χ4n) is 1.96. The van der Waals surface area contributed by atoms with Crippen LogP contribution in [0.4, 0.5) is 0 Å². The third-order valence-electron chi connectivity index (χ3n) is 2.87. The lowest BCUT2D eigenvalue weighted by atomic mass is 10.1. The average molecular weight is 217 g/mol. The highest BCUT2D eigenvalue weighted by molar-refractivity contribution is 5.39. The Labute approximate surface area is 97.3 Å². The Balaban J connectivity index is 1.79. The zero-order valence-electron chi connectivity index (χ0n) is 9.67. The summed E-state index contributed by atoms with van der Waals surface area (Å²) in [5.74, 6) is 1.07. The van der Waals surface area contributed by atoms with Crippen LogP contribution in [0.25, 0.3) is 0 Å². The van der Waals surface area contributed by atoms with Crippen molar-refractivity contribution in [2.45, 2.75) is 19.3 Å². The molecule has 1 aromatic carbocycles. The van der Waals surface area contributed by atoms with Gasteiger partial charge in [0.05, 0.1) is 6.61 Å². The normalized spacial score (nSPS) is 13.2. The molecule has 0 spiro atoms. The number of ether oxygens (including phenoxy) is 1. The Morgan fingerprint density at radius 3 is 3.19 bits per heavy atom. The van der Waals surface area contributed by atoms with Gasteiger partial charge in [0, 0.05) is 6.42 Å². The molecule has 1 heterocycles. The van der Waals surface area contributed by atoms with E-state index in [1.165, 1.54) is 11.1 Å². The van der Waals surface area contributed by atoms with Crippen LogP contribution in [0, 0.1) is 0 Å². The van der Waals surface area contributed by atoms with Crippen LogP contribution < -0.4 is 10.1 Å². The lowest BCUT2D eigenvalue weighted by Crippen LogP contribution is -2.17. The van der Waals surface area contributed by atoms with Crippen LogP contribution in [0.3, 0.4) is 0 Å². The van der Waals surface area contributed by atoms with E-state index in [9.17, 15) is 0 Å². The SMILES string of the molecule is C=CCCNCCc1ccc2c(c1)CCO2. The van der Waals surface area contributed by atoms with Crippen LogP contribution in [0.2, 0.25) is 0 Å². The van der Waals surface area contributed by atoms with Gasteiger partial charge in [-0.2, -0.15) is 0 Å². The van der Waals surface area contributed by atoms with Crippen LogP contribution in [0.5, 0.6) is 5.75 Å². The van der Waals surface area contributed by atoms with Gasteiger partial charge in [0.15, 0.2) is 0 Å². The highest BCUT2D eigenvalue weighted by Gasteiger charge is 2.11. The van der Waals surface area contributed by atoms with Gasteiger partial charge in [-0.05, 0) is 43.1 Å². The van der Waals surface area contributed by atoms with Crippen molar-refractivity contribution in [2.75, 3.05) is 19.7 Å². The molecule has 0 unspecified atom stereocenters. The molecule has 0 amide bonds. The molecular formula is C14H19NO. The molecule has 0 radical (unpaired) electrons. The van der Waals surface area contributed by atoms with E-state index in [4.69, 9.17) is 4.74 Å². The summed E-state index contributed by atoms with van der Waals surface area (Å²) in [5.41, 5.74) is 2.76. The first kappa shape index (κ1) is 11.2. The molecule has 0 fully saturated rings. The summed E-state index contributed by atoms with van der Waals surface area (Å²) in [5, 5.41) is 3.40.